The summed E-state index contributed by atoms with van der Waals surface area (Å²) in [6, 6.07) is 0. The van der Waals surface area contributed by atoms with Gasteiger partial charge in [-0.2, -0.15) is 0 Å². The van der Waals surface area contributed by atoms with Crippen LogP contribution in [-0.4, -0.2) is 46.0 Å². The summed E-state index contributed by atoms with van der Waals surface area (Å²) in [5, 5.41) is 12.0. The zero-order chi connectivity index (χ0) is 13.0. The Balaban J connectivity index is 2.90. The van der Waals surface area contributed by atoms with Gasteiger partial charge in [0.1, 0.15) is 13.1 Å². The SMILES string of the molecule is Cc1cnoc1C(=O)N(CC(N)=O)CC(=O)O. The van der Waals surface area contributed by atoms with Gasteiger partial charge in [-0.05, 0) is 6.92 Å². The first-order valence-electron chi connectivity index (χ1n) is 4.62. The number of aryl methyl sites for hydroxylation is 1. The summed E-state index contributed by atoms with van der Waals surface area (Å²) in [7, 11) is 0. The largest absolute Gasteiger partial charge is 0.480 e. The lowest BCUT2D eigenvalue weighted by Gasteiger charge is -2.17. The van der Waals surface area contributed by atoms with Crippen molar-refractivity contribution in [2.24, 2.45) is 5.73 Å². The quantitative estimate of drug-likeness (QED) is 0.680. The molecule has 0 spiro atoms. The maximum atomic E-state index is 11.8. The highest BCUT2D eigenvalue weighted by Crippen LogP contribution is 2.09. The number of carboxylic acids is 1. The zero-order valence-corrected chi connectivity index (χ0v) is 9.04. The van der Waals surface area contributed by atoms with E-state index in [0.717, 1.165) is 4.90 Å². The number of aliphatic carboxylic acids is 1. The molecule has 17 heavy (non-hydrogen) atoms. The number of nitrogens with two attached hydrogens (primary N) is 1. The minimum Gasteiger partial charge on any atom is -0.480 e. The number of amides is 2. The van der Waals surface area contributed by atoms with Crippen molar-refractivity contribution in [1.82, 2.24) is 10.1 Å². The number of rotatable bonds is 5. The Labute approximate surface area is 96.0 Å². The Morgan fingerprint density at radius 3 is 2.53 bits per heavy atom. The van der Waals surface area contributed by atoms with Crippen LogP contribution in [0.25, 0.3) is 0 Å². The smallest absolute Gasteiger partial charge is 0.323 e. The molecule has 0 fully saturated rings. The molecule has 0 atom stereocenters. The van der Waals surface area contributed by atoms with Crippen LogP contribution >= 0.6 is 0 Å². The third kappa shape index (κ3) is 3.30. The molecule has 1 heterocycles. The summed E-state index contributed by atoms with van der Waals surface area (Å²) >= 11 is 0. The number of hydrogen-bond donors (Lipinski definition) is 2. The van der Waals surface area contributed by atoms with Crippen molar-refractivity contribution < 1.29 is 24.0 Å². The fourth-order valence-electron chi connectivity index (χ4n) is 1.19. The van der Waals surface area contributed by atoms with Crippen LogP contribution in [0.4, 0.5) is 0 Å². The average Bonchev–Trinajstić information content (AvgIpc) is 2.61. The van der Waals surface area contributed by atoms with E-state index in [1.165, 1.54) is 6.20 Å². The highest BCUT2D eigenvalue weighted by molar-refractivity contribution is 5.96. The molecule has 0 radical (unpaired) electrons. The number of carbonyl (C=O) groups is 3. The molecular weight excluding hydrogens is 230 g/mol. The lowest BCUT2D eigenvalue weighted by molar-refractivity contribution is -0.138. The molecule has 1 rings (SSSR count). The predicted molar refractivity (Wildman–Crippen MR) is 54.0 cm³/mol. The summed E-state index contributed by atoms with van der Waals surface area (Å²) in [4.78, 5) is 33.9. The van der Waals surface area contributed by atoms with Gasteiger partial charge in [0.2, 0.25) is 11.7 Å². The van der Waals surface area contributed by atoms with Crippen LogP contribution in [0.1, 0.15) is 16.1 Å². The van der Waals surface area contributed by atoms with Gasteiger partial charge in [0.05, 0.1) is 6.20 Å². The van der Waals surface area contributed by atoms with Crippen molar-refractivity contribution >= 4 is 17.8 Å². The number of nitrogens with zero attached hydrogens (tertiary/aromatic N) is 2. The molecule has 0 saturated carbocycles. The Morgan fingerprint density at radius 1 is 1.47 bits per heavy atom. The first kappa shape index (κ1) is 12.7. The van der Waals surface area contributed by atoms with Crippen molar-refractivity contribution in [2.45, 2.75) is 6.92 Å². The maximum Gasteiger partial charge on any atom is 0.323 e. The van der Waals surface area contributed by atoms with Crippen LogP contribution in [0.15, 0.2) is 10.7 Å². The Bertz CT molecular complexity index is 437. The third-order valence-corrected chi connectivity index (χ3v) is 1.90. The summed E-state index contributed by atoms with van der Waals surface area (Å²) in [5.74, 6) is -2.90. The predicted octanol–water partition coefficient (Wildman–Crippen LogP) is -1.00. The van der Waals surface area contributed by atoms with E-state index in [-0.39, 0.29) is 5.76 Å². The van der Waals surface area contributed by atoms with E-state index in [4.69, 9.17) is 10.8 Å². The summed E-state index contributed by atoms with van der Waals surface area (Å²) < 4.78 is 4.68. The second-order valence-corrected chi connectivity index (χ2v) is 3.36. The molecule has 0 unspecified atom stereocenters. The van der Waals surface area contributed by atoms with Crippen molar-refractivity contribution in [3.05, 3.63) is 17.5 Å². The van der Waals surface area contributed by atoms with Gasteiger partial charge in [0.25, 0.3) is 5.91 Å². The first-order valence-corrected chi connectivity index (χ1v) is 4.62. The monoisotopic (exact) mass is 241 g/mol. The number of primary amides is 1. The van der Waals surface area contributed by atoms with E-state index in [1.807, 2.05) is 0 Å². The van der Waals surface area contributed by atoms with Crippen molar-refractivity contribution in [3.8, 4) is 0 Å². The van der Waals surface area contributed by atoms with Gasteiger partial charge in [-0.15, -0.1) is 0 Å². The lowest BCUT2D eigenvalue weighted by atomic mass is 10.2. The molecule has 0 aliphatic rings. The fourth-order valence-corrected chi connectivity index (χ4v) is 1.19. The average molecular weight is 241 g/mol. The molecule has 2 amide bonds. The number of aromatic nitrogens is 1. The van der Waals surface area contributed by atoms with Gasteiger partial charge < -0.3 is 20.3 Å². The molecule has 0 aromatic carbocycles. The third-order valence-electron chi connectivity index (χ3n) is 1.90. The Kier molecular flexibility index (Phi) is 3.81. The number of carbonyl (C=O) groups excluding carboxylic acids is 2. The normalized spacial score (nSPS) is 9.94. The molecule has 0 aliphatic carbocycles. The Morgan fingerprint density at radius 2 is 2.12 bits per heavy atom. The highest BCUT2D eigenvalue weighted by atomic mass is 16.5. The van der Waals surface area contributed by atoms with Crippen LogP contribution in [0, 0.1) is 6.92 Å². The van der Waals surface area contributed by atoms with Crippen LogP contribution in [0.2, 0.25) is 0 Å². The molecule has 92 valence electrons. The van der Waals surface area contributed by atoms with E-state index >= 15 is 0 Å². The van der Waals surface area contributed by atoms with Crippen molar-refractivity contribution in [2.75, 3.05) is 13.1 Å². The van der Waals surface area contributed by atoms with Crippen LogP contribution in [0.5, 0.6) is 0 Å². The van der Waals surface area contributed by atoms with Gasteiger partial charge in [0.15, 0.2) is 0 Å². The number of carboxylic acid groups (broad SMARTS) is 1. The summed E-state index contributed by atoms with van der Waals surface area (Å²) in [6.07, 6.45) is 1.32. The highest BCUT2D eigenvalue weighted by Gasteiger charge is 2.24. The Hall–Kier alpha value is -2.38. The van der Waals surface area contributed by atoms with Crippen molar-refractivity contribution in [3.63, 3.8) is 0 Å². The van der Waals surface area contributed by atoms with Gasteiger partial charge in [-0.3, -0.25) is 14.4 Å². The lowest BCUT2D eigenvalue weighted by Crippen LogP contribution is -2.41. The van der Waals surface area contributed by atoms with E-state index in [2.05, 4.69) is 9.68 Å². The van der Waals surface area contributed by atoms with E-state index in [0.29, 0.717) is 5.56 Å². The topological polar surface area (TPSA) is 127 Å². The van der Waals surface area contributed by atoms with E-state index in [1.54, 1.807) is 6.92 Å². The molecule has 1 aromatic heterocycles. The zero-order valence-electron chi connectivity index (χ0n) is 9.04. The molecule has 8 nitrogen and oxygen atoms in total. The molecular formula is C9H11N3O5. The molecule has 3 N–H and O–H groups in total. The van der Waals surface area contributed by atoms with Crippen LogP contribution < -0.4 is 5.73 Å². The minimum absolute atomic E-state index is 0.104. The minimum atomic E-state index is -1.25. The van der Waals surface area contributed by atoms with Gasteiger partial charge in [-0.25, -0.2) is 0 Å². The maximum absolute atomic E-state index is 11.8. The van der Waals surface area contributed by atoms with Gasteiger partial charge in [0, 0.05) is 5.56 Å². The molecule has 0 saturated heterocycles. The summed E-state index contributed by atoms with van der Waals surface area (Å²) in [5.41, 5.74) is 5.38. The van der Waals surface area contributed by atoms with Gasteiger partial charge in [-0.1, -0.05) is 5.16 Å². The standard InChI is InChI=1S/C9H11N3O5/c1-5-2-11-17-8(5)9(16)12(3-6(10)13)4-7(14)15/h2H,3-4H2,1H3,(H2,10,13)(H,14,15). The second-order valence-electron chi connectivity index (χ2n) is 3.36. The van der Waals surface area contributed by atoms with Crippen LogP contribution in [-0.2, 0) is 9.59 Å². The number of hydrogen-bond acceptors (Lipinski definition) is 5. The van der Waals surface area contributed by atoms with Gasteiger partial charge >= 0.3 is 5.97 Å². The fraction of sp³-hybridized carbons (Fsp3) is 0.333. The molecule has 1 aromatic rings. The first-order chi connectivity index (χ1) is 7.91. The summed E-state index contributed by atoms with van der Waals surface area (Å²) in [6.45, 7) is 0.445. The molecule has 0 bridgehead atoms. The van der Waals surface area contributed by atoms with Crippen LogP contribution in [0.3, 0.4) is 0 Å². The molecule has 0 aliphatic heterocycles. The van der Waals surface area contributed by atoms with E-state index < -0.39 is 30.9 Å². The molecule has 8 heteroatoms. The van der Waals surface area contributed by atoms with E-state index in [9.17, 15) is 14.4 Å². The van der Waals surface area contributed by atoms with Crippen molar-refractivity contribution in [1.29, 1.82) is 0 Å². The second kappa shape index (κ2) is 5.10.